The first-order valence-corrected chi connectivity index (χ1v) is 7.48. The van der Waals surface area contributed by atoms with Gasteiger partial charge in [-0.05, 0) is 19.8 Å². The fraction of sp³-hybridized carbons (Fsp3) is 0.929. The van der Waals surface area contributed by atoms with Crippen molar-refractivity contribution in [3.8, 4) is 0 Å². The molecule has 130 valence electrons. The van der Waals surface area contributed by atoms with Crippen LogP contribution in [0, 0.1) is 0 Å². The quantitative estimate of drug-likeness (QED) is 0.478. The zero-order valence-electron chi connectivity index (χ0n) is 13.3. The van der Waals surface area contributed by atoms with Crippen LogP contribution in [0.25, 0.3) is 0 Å². The number of amides is 1. The second-order valence-electron chi connectivity index (χ2n) is 5.19. The number of hydrogen-bond donors (Lipinski definition) is 3. The third-order valence-electron chi connectivity index (χ3n) is 3.82. The van der Waals surface area contributed by atoms with Crippen molar-refractivity contribution in [2.75, 3.05) is 33.9 Å². The highest BCUT2D eigenvalue weighted by Gasteiger charge is 2.48. The molecule has 5 atom stereocenters. The first-order chi connectivity index (χ1) is 10.5. The average molecular weight is 321 g/mol. The summed E-state index contributed by atoms with van der Waals surface area (Å²) in [4.78, 5) is 14.2. The minimum atomic E-state index is -1.29. The second-order valence-corrected chi connectivity index (χ2v) is 5.19. The summed E-state index contributed by atoms with van der Waals surface area (Å²) in [6.45, 7) is 2.85. The molecular weight excluding hydrogens is 294 g/mol. The summed E-state index contributed by atoms with van der Waals surface area (Å²) in [5.74, 6) is -0.333. The Labute approximate surface area is 130 Å². The van der Waals surface area contributed by atoms with Gasteiger partial charge in [0.1, 0.15) is 18.3 Å². The third kappa shape index (κ3) is 4.37. The van der Waals surface area contributed by atoms with E-state index in [1.807, 2.05) is 6.92 Å². The molecule has 1 heterocycles. The lowest BCUT2D eigenvalue weighted by atomic mass is 9.97. The number of carbonyl (C=O) groups is 1. The van der Waals surface area contributed by atoms with E-state index in [-0.39, 0.29) is 12.5 Å². The Morgan fingerprint density at radius 1 is 1.18 bits per heavy atom. The summed E-state index contributed by atoms with van der Waals surface area (Å²) < 4.78 is 15.6. The van der Waals surface area contributed by atoms with E-state index >= 15 is 0 Å². The number of aliphatic hydroxyl groups is 3. The van der Waals surface area contributed by atoms with Crippen LogP contribution in [0.15, 0.2) is 0 Å². The van der Waals surface area contributed by atoms with Gasteiger partial charge in [-0.15, -0.1) is 0 Å². The summed E-state index contributed by atoms with van der Waals surface area (Å²) in [6.07, 6.45) is -4.42. The molecule has 22 heavy (non-hydrogen) atoms. The SMILES string of the molecule is CCN(CCCCO)C(=O)C1O[C@@H](OC)[C@@H](O)[C@@H](O)[C@H]1OC. The molecule has 0 radical (unpaired) electrons. The van der Waals surface area contributed by atoms with Crippen LogP contribution in [-0.4, -0.2) is 90.7 Å². The van der Waals surface area contributed by atoms with E-state index in [4.69, 9.17) is 19.3 Å². The number of carbonyl (C=O) groups excluding carboxylic acids is 1. The van der Waals surface area contributed by atoms with Crippen molar-refractivity contribution in [2.45, 2.75) is 50.5 Å². The number of rotatable bonds is 8. The van der Waals surface area contributed by atoms with Crippen molar-refractivity contribution < 1.29 is 34.3 Å². The molecule has 1 amide bonds. The van der Waals surface area contributed by atoms with Gasteiger partial charge in [-0.2, -0.15) is 0 Å². The Balaban J connectivity index is 2.82. The van der Waals surface area contributed by atoms with Gasteiger partial charge >= 0.3 is 0 Å². The van der Waals surface area contributed by atoms with Gasteiger partial charge in [-0.3, -0.25) is 4.79 Å². The van der Waals surface area contributed by atoms with Gasteiger partial charge in [0, 0.05) is 33.9 Å². The molecule has 1 aliphatic rings. The summed E-state index contributed by atoms with van der Waals surface area (Å²) in [5.41, 5.74) is 0. The molecule has 0 aromatic carbocycles. The number of methoxy groups -OCH3 is 2. The van der Waals surface area contributed by atoms with Gasteiger partial charge in [0.15, 0.2) is 12.4 Å². The number of ether oxygens (including phenoxy) is 3. The summed E-state index contributed by atoms with van der Waals surface area (Å²) in [7, 11) is 2.67. The second kappa shape index (κ2) is 9.39. The molecule has 0 saturated carbocycles. The maximum absolute atomic E-state index is 12.6. The highest BCUT2D eigenvalue weighted by atomic mass is 16.7. The van der Waals surface area contributed by atoms with E-state index in [1.54, 1.807) is 4.90 Å². The van der Waals surface area contributed by atoms with Crippen LogP contribution < -0.4 is 0 Å². The smallest absolute Gasteiger partial charge is 0.254 e. The lowest BCUT2D eigenvalue weighted by molar-refractivity contribution is -0.289. The highest BCUT2D eigenvalue weighted by Crippen LogP contribution is 2.25. The molecule has 1 fully saturated rings. The number of aliphatic hydroxyl groups excluding tert-OH is 3. The van der Waals surface area contributed by atoms with Crippen LogP contribution in [-0.2, 0) is 19.0 Å². The Morgan fingerprint density at radius 3 is 2.36 bits per heavy atom. The molecule has 3 N–H and O–H groups in total. The van der Waals surface area contributed by atoms with Gasteiger partial charge in [0.05, 0.1) is 0 Å². The Hall–Kier alpha value is -0.770. The van der Waals surface area contributed by atoms with Gasteiger partial charge < -0.3 is 34.4 Å². The zero-order chi connectivity index (χ0) is 16.7. The first kappa shape index (κ1) is 19.3. The third-order valence-corrected chi connectivity index (χ3v) is 3.82. The van der Waals surface area contributed by atoms with E-state index in [2.05, 4.69) is 0 Å². The van der Waals surface area contributed by atoms with Gasteiger partial charge in [0.2, 0.25) is 0 Å². The van der Waals surface area contributed by atoms with Gasteiger partial charge in [-0.25, -0.2) is 0 Å². The molecule has 8 heteroatoms. The van der Waals surface area contributed by atoms with E-state index in [0.29, 0.717) is 25.9 Å². The molecule has 0 bridgehead atoms. The van der Waals surface area contributed by atoms with Crippen LogP contribution in [0.5, 0.6) is 0 Å². The number of likely N-dealkylation sites (N-methyl/N-ethyl adjacent to an activating group) is 1. The fourth-order valence-electron chi connectivity index (χ4n) is 2.51. The predicted molar refractivity (Wildman–Crippen MR) is 77.1 cm³/mol. The Morgan fingerprint density at radius 2 is 1.86 bits per heavy atom. The molecule has 0 aliphatic carbocycles. The van der Waals surface area contributed by atoms with E-state index in [0.717, 1.165) is 0 Å². The number of hydrogen-bond acceptors (Lipinski definition) is 7. The van der Waals surface area contributed by atoms with Crippen LogP contribution in [0.4, 0.5) is 0 Å². The first-order valence-electron chi connectivity index (χ1n) is 7.48. The minimum Gasteiger partial charge on any atom is -0.396 e. The number of nitrogens with zero attached hydrogens (tertiary/aromatic N) is 1. The highest BCUT2D eigenvalue weighted by molar-refractivity contribution is 5.82. The van der Waals surface area contributed by atoms with Crippen LogP contribution in [0.3, 0.4) is 0 Å². The van der Waals surface area contributed by atoms with E-state index in [9.17, 15) is 15.0 Å². The monoisotopic (exact) mass is 321 g/mol. The van der Waals surface area contributed by atoms with Crippen molar-refractivity contribution in [2.24, 2.45) is 0 Å². The maximum atomic E-state index is 12.6. The Kier molecular flexibility index (Phi) is 8.23. The normalized spacial score (nSPS) is 32.0. The molecule has 1 saturated heterocycles. The molecule has 0 aromatic heterocycles. The van der Waals surface area contributed by atoms with Crippen molar-refractivity contribution >= 4 is 5.91 Å². The minimum absolute atomic E-state index is 0.0724. The van der Waals surface area contributed by atoms with E-state index < -0.39 is 30.7 Å². The standard InChI is InChI=1S/C14H27NO7/c1-4-15(7-5-6-8-16)13(19)12-11(20-2)9(17)10(18)14(21-3)22-12/h9-12,14,16-18H,4-8H2,1-3H3/t9-,10+,11-,12?,14-/m1/s1. The molecule has 1 rings (SSSR count). The van der Waals surface area contributed by atoms with E-state index in [1.165, 1.54) is 14.2 Å². The molecule has 0 aromatic rings. The molecule has 8 nitrogen and oxygen atoms in total. The average Bonchev–Trinajstić information content (AvgIpc) is 2.53. The van der Waals surface area contributed by atoms with Crippen molar-refractivity contribution in [3.63, 3.8) is 0 Å². The van der Waals surface area contributed by atoms with Crippen molar-refractivity contribution in [1.29, 1.82) is 0 Å². The Bertz CT molecular complexity index is 341. The van der Waals surface area contributed by atoms with Gasteiger partial charge in [0.25, 0.3) is 5.91 Å². The van der Waals surface area contributed by atoms with Crippen LogP contribution in [0.2, 0.25) is 0 Å². The molecular formula is C14H27NO7. The number of unbranched alkanes of at least 4 members (excludes halogenated alkanes) is 1. The fourth-order valence-corrected chi connectivity index (χ4v) is 2.51. The van der Waals surface area contributed by atoms with Crippen molar-refractivity contribution in [3.05, 3.63) is 0 Å². The lowest BCUT2D eigenvalue weighted by Crippen LogP contribution is -2.62. The van der Waals surface area contributed by atoms with Crippen LogP contribution in [0.1, 0.15) is 19.8 Å². The zero-order valence-corrected chi connectivity index (χ0v) is 13.3. The van der Waals surface area contributed by atoms with Gasteiger partial charge in [-0.1, -0.05) is 0 Å². The van der Waals surface area contributed by atoms with Crippen molar-refractivity contribution in [1.82, 2.24) is 4.90 Å². The predicted octanol–water partition coefficient (Wildman–Crippen LogP) is -1.28. The summed E-state index contributed by atoms with van der Waals surface area (Å²) in [6, 6.07) is 0. The maximum Gasteiger partial charge on any atom is 0.254 e. The van der Waals surface area contributed by atoms with Crippen LogP contribution >= 0.6 is 0 Å². The summed E-state index contributed by atoms with van der Waals surface area (Å²) >= 11 is 0. The largest absolute Gasteiger partial charge is 0.396 e. The topological polar surface area (TPSA) is 109 Å². The molecule has 1 unspecified atom stereocenters. The summed E-state index contributed by atoms with van der Waals surface area (Å²) in [5, 5.41) is 28.8. The lowest BCUT2D eigenvalue weighted by Gasteiger charge is -2.42. The molecule has 1 aliphatic heterocycles. The molecule has 0 spiro atoms.